The van der Waals surface area contributed by atoms with Crippen molar-refractivity contribution in [3.8, 4) is 22.4 Å². The molecule has 0 saturated carbocycles. The summed E-state index contributed by atoms with van der Waals surface area (Å²) in [4.78, 5) is 30.5. The van der Waals surface area contributed by atoms with E-state index in [1.165, 1.54) is 6.07 Å². The maximum atomic E-state index is 14.4. The normalized spacial score (nSPS) is 16.0. The Bertz CT molecular complexity index is 1350. The molecule has 0 unspecified atom stereocenters. The molecule has 4 aromatic rings. The van der Waals surface area contributed by atoms with Gasteiger partial charge in [0, 0.05) is 41.5 Å². The molecule has 6 nitrogen and oxygen atoms in total. The third-order valence-electron chi connectivity index (χ3n) is 6.17. The summed E-state index contributed by atoms with van der Waals surface area (Å²) in [5.74, 6) is -0.635. The zero-order valence-electron chi connectivity index (χ0n) is 17.9. The predicted octanol–water partition coefficient (Wildman–Crippen LogP) is 4.59. The highest BCUT2D eigenvalue weighted by Crippen LogP contribution is 2.34. The fourth-order valence-electron chi connectivity index (χ4n) is 4.50. The number of aromatic amines is 2. The molecule has 1 fully saturated rings. The lowest BCUT2D eigenvalue weighted by atomic mass is 9.90. The molecule has 3 heterocycles. The third kappa shape index (κ3) is 4.09. The van der Waals surface area contributed by atoms with Crippen molar-refractivity contribution in [3.05, 3.63) is 100 Å². The standard InChI is InChI=1S/C26H23FN4O2/c27-22-11-5-4-10-19(22)21-15-28-30-24(21)18-9-6-14-31(16-18)26(33)20-12-13-23(29-25(20)32)17-7-2-1-3-8-17/h1-5,7-8,10-13,15,18H,6,9,14,16H2,(H,28,30)(H,29,32)/t18-/m1/s1. The fraction of sp³-hybridized carbons (Fsp3) is 0.192. The predicted molar refractivity (Wildman–Crippen MR) is 124 cm³/mol. The van der Waals surface area contributed by atoms with Crippen molar-refractivity contribution in [3.63, 3.8) is 0 Å². The van der Waals surface area contributed by atoms with Gasteiger partial charge in [0.15, 0.2) is 0 Å². The van der Waals surface area contributed by atoms with Crippen molar-refractivity contribution >= 4 is 5.91 Å². The second-order valence-corrected chi connectivity index (χ2v) is 8.25. The smallest absolute Gasteiger partial charge is 0.261 e. The monoisotopic (exact) mass is 442 g/mol. The van der Waals surface area contributed by atoms with Crippen LogP contribution in [0.1, 0.15) is 34.8 Å². The van der Waals surface area contributed by atoms with Gasteiger partial charge in [-0.15, -0.1) is 0 Å². The minimum atomic E-state index is -0.405. The Balaban J connectivity index is 1.38. The Hall–Kier alpha value is -4.00. The molecule has 1 atom stereocenters. The van der Waals surface area contributed by atoms with Gasteiger partial charge in [-0.1, -0.05) is 48.5 Å². The molecule has 2 aromatic heterocycles. The second-order valence-electron chi connectivity index (χ2n) is 8.25. The number of piperidine rings is 1. The number of aromatic nitrogens is 3. The number of H-pyrrole nitrogens is 2. The van der Waals surface area contributed by atoms with E-state index < -0.39 is 5.56 Å². The van der Waals surface area contributed by atoms with E-state index in [0.29, 0.717) is 29.9 Å². The van der Waals surface area contributed by atoms with Crippen LogP contribution < -0.4 is 5.56 Å². The van der Waals surface area contributed by atoms with Crippen LogP contribution in [0.25, 0.3) is 22.4 Å². The summed E-state index contributed by atoms with van der Waals surface area (Å²) in [6, 6.07) is 19.4. The van der Waals surface area contributed by atoms with Gasteiger partial charge >= 0.3 is 0 Å². The van der Waals surface area contributed by atoms with Gasteiger partial charge in [-0.2, -0.15) is 5.10 Å². The second kappa shape index (κ2) is 8.86. The highest BCUT2D eigenvalue weighted by Gasteiger charge is 2.29. The largest absolute Gasteiger partial charge is 0.338 e. The van der Waals surface area contributed by atoms with Crippen LogP contribution in [0, 0.1) is 5.82 Å². The first-order valence-electron chi connectivity index (χ1n) is 11.0. The molecule has 2 aromatic carbocycles. The molecule has 0 radical (unpaired) electrons. The van der Waals surface area contributed by atoms with Crippen molar-refractivity contribution in [2.75, 3.05) is 13.1 Å². The molecule has 166 valence electrons. The Kier molecular flexibility index (Phi) is 5.60. The van der Waals surface area contributed by atoms with Crippen LogP contribution >= 0.6 is 0 Å². The fourth-order valence-corrected chi connectivity index (χ4v) is 4.50. The number of rotatable bonds is 4. The molecule has 33 heavy (non-hydrogen) atoms. The van der Waals surface area contributed by atoms with Crippen molar-refractivity contribution in [2.24, 2.45) is 0 Å². The topological polar surface area (TPSA) is 81.9 Å². The highest BCUT2D eigenvalue weighted by molar-refractivity contribution is 5.94. The number of likely N-dealkylation sites (tertiary alicyclic amines) is 1. The zero-order chi connectivity index (χ0) is 22.8. The molecular weight excluding hydrogens is 419 g/mol. The molecule has 2 N–H and O–H groups in total. The van der Waals surface area contributed by atoms with Gasteiger partial charge in [0.2, 0.25) is 0 Å². The lowest BCUT2D eigenvalue weighted by Crippen LogP contribution is -2.41. The van der Waals surface area contributed by atoms with E-state index in [4.69, 9.17) is 0 Å². The average Bonchev–Trinajstić information content (AvgIpc) is 3.34. The number of carbonyl (C=O) groups excluding carboxylic acids is 1. The number of hydrogen-bond donors (Lipinski definition) is 2. The summed E-state index contributed by atoms with van der Waals surface area (Å²) in [7, 11) is 0. The third-order valence-corrected chi connectivity index (χ3v) is 6.17. The minimum Gasteiger partial charge on any atom is -0.338 e. The molecule has 5 rings (SSSR count). The first kappa shape index (κ1) is 20.9. The molecule has 1 amide bonds. The number of nitrogens with zero attached hydrogens (tertiary/aromatic N) is 2. The van der Waals surface area contributed by atoms with E-state index in [2.05, 4.69) is 15.2 Å². The molecule has 7 heteroatoms. The van der Waals surface area contributed by atoms with E-state index in [9.17, 15) is 14.0 Å². The molecule has 0 bridgehead atoms. The minimum absolute atomic E-state index is 0.0255. The van der Waals surface area contributed by atoms with Gasteiger partial charge in [-0.3, -0.25) is 14.7 Å². The maximum absolute atomic E-state index is 14.4. The number of benzene rings is 2. The number of hydrogen-bond acceptors (Lipinski definition) is 3. The van der Waals surface area contributed by atoms with E-state index in [0.717, 1.165) is 24.1 Å². The quantitative estimate of drug-likeness (QED) is 0.485. The van der Waals surface area contributed by atoms with Gasteiger partial charge < -0.3 is 9.88 Å². The summed E-state index contributed by atoms with van der Waals surface area (Å²) in [6.07, 6.45) is 3.25. The van der Waals surface area contributed by atoms with Gasteiger partial charge in [0.1, 0.15) is 11.4 Å². The lowest BCUT2D eigenvalue weighted by Gasteiger charge is -2.32. The molecule has 0 aliphatic carbocycles. The molecule has 1 aliphatic heterocycles. The number of amides is 1. The molecular formula is C26H23FN4O2. The lowest BCUT2D eigenvalue weighted by molar-refractivity contribution is 0.0704. The van der Waals surface area contributed by atoms with Crippen LogP contribution in [-0.2, 0) is 0 Å². The van der Waals surface area contributed by atoms with Crippen LogP contribution in [0.3, 0.4) is 0 Å². The molecule has 1 aliphatic rings. The van der Waals surface area contributed by atoms with E-state index in [1.54, 1.807) is 41.4 Å². The number of pyridine rings is 1. The van der Waals surface area contributed by atoms with E-state index in [-0.39, 0.29) is 23.2 Å². The van der Waals surface area contributed by atoms with Gasteiger partial charge in [-0.05, 0) is 36.6 Å². The number of halogens is 1. The summed E-state index contributed by atoms with van der Waals surface area (Å²) in [5.41, 5.74) is 3.26. The highest BCUT2D eigenvalue weighted by atomic mass is 19.1. The van der Waals surface area contributed by atoms with Crippen LogP contribution in [0.4, 0.5) is 4.39 Å². The van der Waals surface area contributed by atoms with Crippen LogP contribution in [0.2, 0.25) is 0 Å². The Morgan fingerprint density at radius 1 is 1.00 bits per heavy atom. The van der Waals surface area contributed by atoms with Crippen molar-refractivity contribution in [1.29, 1.82) is 0 Å². The number of carbonyl (C=O) groups is 1. The Labute approximate surface area is 190 Å². The van der Waals surface area contributed by atoms with E-state index in [1.807, 2.05) is 30.3 Å². The zero-order valence-corrected chi connectivity index (χ0v) is 17.9. The van der Waals surface area contributed by atoms with Crippen molar-refractivity contribution in [1.82, 2.24) is 20.1 Å². The Morgan fingerprint density at radius 2 is 1.79 bits per heavy atom. The van der Waals surface area contributed by atoms with Crippen LogP contribution in [-0.4, -0.2) is 39.1 Å². The van der Waals surface area contributed by atoms with Gasteiger partial charge in [0.25, 0.3) is 11.5 Å². The van der Waals surface area contributed by atoms with Crippen LogP contribution in [0.15, 0.2) is 77.7 Å². The SMILES string of the molecule is O=C(c1ccc(-c2ccccc2)[nH]c1=O)N1CCC[C@@H](c2[nH]ncc2-c2ccccc2F)C1. The molecule has 0 spiro atoms. The maximum Gasteiger partial charge on any atom is 0.261 e. The summed E-state index contributed by atoms with van der Waals surface area (Å²) < 4.78 is 14.4. The van der Waals surface area contributed by atoms with Crippen molar-refractivity contribution < 1.29 is 9.18 Å². The number of nitrogens with one attached hydrogen (secondary N) is 2. The van der Waals surface area contributed by atoms with Gasteiger partial charge in [0.05, 0.1) is 6.20 Å². The summed E-state index contributed by atoms with van der Waals surface area (Å²) in [6.45, 7) is 1.00. The van der Waals surface area contributed by atoms with Gasteiger partial charge in [-0.25, -0.2) is 4.39 Å². The van der Waals surface area contributed by atoms with Crippen LogP contribution in [0.5, 0.6) is 0 Å². The first-order chi connectivity index (χ1) is 16.1. The average molecular weight is 442 g/mol. The summed E-state index contributed by atoms with van der Waals surface area (Å²) in [5, 5.41) is 7.16. The summed E-state index contributed by atoms with van der Waals surface area (Å²) >= 11 is 0. The van der Waals surface area contributed by atoms with E-state index >= 15 is 0 Å². The Morgan fingerprint density at radius 3 is 2.58 bits per heavy atom. The van der Waals surface area contributed by atoms with Crippen molar-refractivity contribution in [2.45, 2.75) is 18.8 Å². The first-order valence-corrected chi connectivity index (χ1v) is 11.0. The molecule has 1 saturated heterocycles.